The van der Waals surface area contributed by atoms with Gasteiger partial charge in [0.2, 0.25) is 0 Å². The van der Waals surface area contributed by atoms with Gasteiger partial charge in [-0.1, -0.05) is 39.9 Å². The highest BCUT2D eigenvalue weighted by Gasteiger charge is 2.02. The number of halogens is 1. The van der Waals surface area contributed by atoms with E-state index >= 15 is 0 Å². The lowest BCUT2D eigenvalue weighted by atomic mass is 10.1. The second-order valence-electron chi connectivity index (χ2n) is 4.62. The molecule has 2 aromatic carbocycles. The van der Waals surface area contributed by atoms with E-state index in [1.807, 2.05) is 12.1 Å². The Labute approximate surface area is 137 Å². The summed E-state index contributed by atoms with van der Waals surface area (Å²) >= 11 is 3.32. The van der Waals surface area contributed by atoms with Gasteiger partial charge in [0.15, 0.2) is 5.78 Å². The Hall–Kier alpha value is -2.38. The van der Waals surface area contributed by atoms with Crippen LogP contribution in [0.2, 0.25) is 0 Å². The van der Waals surface area contributed by atoms with Crippen LogP contribution >= 0.6 is 15.9 Å². The molecule has 2 aromatic rings. The van der Waals surface area contributed by atoms with Crippen molar-refractivity contribution in [1.29, 1.82) is 0 Å². The van der Waals surface area contributed by atoms with Gasteiger partial charge < -0.3 is 5.32 Å². The lowest BCUT2D eigenvalue weighted by Gasteiger charge is -2.01. The molecule has 4 heteroatoms. The van der Waals surface area contributed by atoms with Crippen molar-refractivity contribution in [2.45, 2.75) is 6.92 Å². The highest BCUT2D eigenvalue weighted by Crippen LogP contribution is 2.10. The van der Waals surface area contributed by atoms with Gasteiger partial charge >= 0.3 is 0 Å². The van der Waals surface area contributed by atoms with Crippen LogP contribution in [-0.4, -0.2) is 18.2 Å². The first kappa shape index (κ1) is 16.0. The SMILES string of the molecule is CC(=O)c1ccc(C#CCNC(=O)c2ccc(Br)cc2)cc1. The monoisotopic (exact) mass is 355 g/mol. The predicted octanol–water partition coefficient (Wildman–Crippen LogP) is 3.43. The van der Waals surface area contributed by atoms with Gasteiger partial charge in [0.1, 0.15) is 0 Å². The van der Waals surface area contributed by atoms with Crippen LogP contribution in [0, 0.1) is 11.8 Å². The van der Waals surface area contributed by atoms with Gasteiger partial charge in [-0.05, 0) is 43.3 Å². The molecule has 1 amide bonds. The van der Waals surface area contributed by atoms with Crippen molar-refractivity contribution in [3.8, 4) is 11.8 Å². The zero-order valence-electron chi connectivity index (χ0n) is 12.0. The van der Waals surface area contributed by atoms with Gasteiger partial charge in [-0.25, -0.2) is 0 Å². The van der Waals surface area contributed by atoms with Crippen molar-refractivity contribution in [3.05, 3.63) is 69.7 Å². The second-order valence-corrected chi connectivity index (χ2v) is 5.54. The summed E-state index contributed by atoms with van der Waals surface area (Å²) in [6.45, 7) is 1.79. The first-order valence-corrected chi connectivity index (χ1v) is 7.49. The van der Waals surface area contributed by atoms with Crippen molar-refractivity contribution < 1.29 is 9.59 Å². The molecule has 2 rings (SSSR count). The van der Waals surface area contributed by atoms with Crippen LogP contribution in [0.5, 0.6) is 0 Å². The van der Waals surface area contributed by atoms with Crippen LogP contribution in [0.25, 0.3) is 0 Å². The molecular weight excluding hydrogens is 342 g/mol. The maximum absolute atomic E-state index is 11.9. The van der Waals surface area contributed by atoms with Gasteiger partial charge in [-0.3, -0.25) is 9.59 Å². The second kappa shape index (κ2) is 7.58. The van der Waals surface area contributed by atoms with E-state index in [1.54, 1.807) is 36.4 Å². The van der Waals surface area contributed by atoms with E-state index in [2.05, 4.69) is 33.1 Å². The Kier molecular flexibility index (Phi) is 5.51. The smallest absolute Gasteiger partial charge is 0.252 e. The summed E-state index contributed by atoms with van der Waals surface area (Å²) < 4.78 is 0.929. The lowest BCUT2D eigenvalue weighted by Crippen LogP contribution is -2.23. The van der Waals surface area contributed by atoms with Crippen molar-refractivity contribution in [1.82, 2.24) is 5.32 Å². The number of nitrogens with one attached hydrogen (secondary N) is 1. The van der Waals surface area contributed by atoms with E-state index < -0.39 is 0 Å². The lowest BCUT2D eigenvalue weighted by molar-refractivity contribution is 0.0957. The maximum Gasteiger partial charge on any atom is 0.252 e. The number of benzene rings is 2. The summed E-state index contributed by atoms with van der Waals surface area (Å²) in [7, 11) is 0. The molecule has 0 radical (unpaired) electrons. The van der Waals surface area contributed by atoms with E-state index in [9.17, 15) is 9.59 Å². The summed E-state index contributed by atoms with van der Waals surface area (Å²) in [5.41, 5.74) is 2.06. The molecule has 0 saturated heterocycles. The summed E-state index contributed by atoms with van der Waals surface area (Å²) in [5.74, 6) is 5.70. The predicted molar refractivity (Wildman–Crippen MR) is 89.8 cm³/mol. The maximum atomic E-state index is 11.9. The van der Waals surface area contributed by atoms with Crippen LogP contribution in [0.3, 0.4) is 0 Å². The van der Waals surface area contributed by atoms with Gasteiger partial charge in [-0.15, -0.1) is 0 Å². The third-order valence-electron chi connectivity index (χ3n) is 2.97. The molecule has 0 atom stereocenters. The van der Waals surface area contributed by atoms with Gasteiger partial charge in [0.05, 0.1) is 6.54 Å². The van der Waals surface area contributed by atoms with E-state index in [0.29, 0.717) is 11.1 Å². The molecule has 0 bridgehead atoms. The highest BCUT2D eigenvalue weighted by atomic mass is 79.9. The van der Waals surface area contributed by atoms with Crippen molar-refractivity contribution in [2.75, 3.05) is 6.54 Å². The molecule has 0 saturated carbocycles. The van der Waals surface area contributed by atoms with E-state index in [-0.39, 0.29) is 18.2 Å². The molecule has 110 valence electrons. The van der Waals surface area contributed by atoms with Gasteiger partial charge in [0, 0.05) is 21.2 Å². The minimum atomic E-state index is -0.159. The molecular formula is C18H14BrNO2. The number of hydrogen-bond donors (Lipinski definition) is 1. The van der Waals surface area contributed by atoms with Crippen LogP contribution in [0.15, 0.2) is 53.0 Å². The Balaban J connectivity index is 1.89. The highest BCUT2D eigenvalue weighted by molar-refractivity contribution is 9.10. The van der Waals surface area contributed by atoms with Gasteiger partial charge in [-0.2, -0.15) is 0 Å². The Morgan fingerprint density at radius 3 is 2.18 bits per heavy atom. The first-order chi connectivity index (χ1) is 10.6. The van der Waals surface area contributed by atoms with E-state index in [4.69, 9.17) is 0 Å². The standard InChI is InChI=1S/C18H14BrNO2/c1-13(21)15-6-4-14(5-7-15)3-2-12-20-18(22)16-8-10-17(19)11-9-16/h4-11H,12H2,1H3,(H,20,22). The third kappa shape index (κ3) is 4.57. The molecule has 0 unspecified atom stereocenters. The molecule has 0 aliphatic heterocycles. The van der Waals surface area contributed by atoms with E-state index in [0.717, 1.165) is 10.0 Å². The fourth-order valence-corrected chi connectivity index (χ4v) is 2.03. The molecule has 0 aliphatic rings. The fraction of sp³-hybridized carbons (Fsp3) is 0.111. The molecule has 0 aliphatic carbocycles. The zero-order valence-corrected chi connectivity index (χ0v) is 13.6. The third-order valence-corrected chi connectivity index (χ3v) is 3.50. The first-order valence-electron chi connectivity index (χ1n) is 6.70. The average molecular weight is 356 g/mol. The molecule has 0 heterocycles. The largest absolute Gasteiger partial charge is 0.341 e. The van der Waals surface area contributed by atoms with Crippen LogP contribution in [-0.2, 0) is 0 Å². The zero-order chi connectivity index (χ0) is 15.9. The van der Waals surface area contributed by atoms with Crippen molar-refractivity contribution in [2.24, 2.45) is 0 Å². The normalized spacial score (nSPS) is 9.55. The number of Topliss-reactive ketones (excluding diaryl/α,β-unsaturated/α-hetero) is 1. The van der Waals surface area contributed by atoms with Crippen molar-refractivity contribution >= 4 is 27.6 Å². The Morgan fingerprint density at radius 1 is 1.00 bits per heavy atom. The fourth-order valence-electron chi connectivity index (χ4n) is 1.76. The number of carbonyl (C=O) groups is 2. The summed E-state index contributed by atoms with van der Waals surface area (Å²) in [5, 5.41) is 2.74. The van der Waals surface area contributed by atoms with Crippen molar-refractivity contribution in [3.63, 3.8) is 0 Å². The minimum absolute atomic E-state index is 0.0290. The molecule has 0 spiro atoms. The van der Waals surface area contributed by atoms with Crippen LogP contribution in [0.4, 0.5) is 0 Å². The quantitative estimate of drug-likeness (QED) is 0.677. The molecule has 1 N–H and O–H groups in total. The average Bonchev–Trinajstić information content (AvgIpc) is 2.52. The molecule has 0 fully saturated rings. The number of amides is 1. The minimum Gasteiger partial charge on any atom is -0.341 e. The summed E-state index contributed by atoms with van der Waals surface area (Å²) in [4.78, 5) is 23.0. The summed E-state index contributed by atoms with van der Waals surface area (Å²) in [6.07, 6.45) is 0. The molecule has 0 aromatic heterocycles. The van der Waals surface area contributed by atoms with Crippen LogP contribution in [0.1, 0.15) is 33.2 Å². The Bertz CT molecular complexity index is 737. The Morgan fingerprint density at radius 2 is 1.59 bits per heavy atom. The number of ketones is 1. The van der Waals surface area contributed by atoms with Gasteiger partial charge in [0.25, 0.3) is 5.91 Å². The molecule has 22 heavy (non-hydrogen) atoms. The molecule has 3 nitrogen and oxygen atoms in total. The number of hydrogen-bond acceptors (Lipinski definition) is 2. The summed E-state index contributed by atoms with van der Waals surface area (Å²) in [6, 6.07) is 14.2. The number of rotatable bonds is 3. The topological polar surface area (TPSA) is 46.2 Å². The number of carbonyl (C=O) groups excluding carboxylic acids is 2. The van der Waals surface area contributed by atoms with Crippen LogP contribution < -0.4 is 5.32 Å². The van der Waals surface area contributed by atoms with E-state index in [1.165, 1.54) is 6.92 Å².